The molecule has 0 aliphatic heterocycles. The summed E-state index contributed by atoms with van der Waals surface area (Å²) in [6, 6.07) is 43.9. The topological polar surface area (TPSA) is 266 Å². The van der Waals surface area contributed by atoms with Gasteiger partial charge in [0.05, 0.1) is 222 Å². The lowest BCUT2D eigenvalue weighted by Crippen LogP contribution is -2.30. The Labute approximate surface area is 647 Å². The number of hydrogen-bond donors (Lipinski definition) is 4. The van der Waals surface area contributed by atoms with Crippen LogP contribution >= 0.6 is 0 Å². The first-order valence-electron chi connectivity index (χ1n) is 37.9. The van der Waals surface area contributed by atoms with Crippen LogP contribution in [0.5, 0.6) is 23.0 Å². The van der Waals surface area contributed by atoms with Crippen LogP contribution in [0.15, 0.2) is 121 Å². The highest BCUT2D eigenvalue weighted by Crippen LogP contribution is 2.64. The Bertz CT molecular complexity index is 3420. The average Bonchev–Trinajstić information content (AvgIpc) is 1.47. The zero-order chi connectivity index (χ0) is 77.4. The van der Waals surface area contributed by atoms with Crippen molar-refractivity contribution < 1.29 is 115 Å². The van der Waals surface area contributed by atoms with Gasteiger partial charge in [0.2, 0.25) is 0 Å². The minimum atomic E-state index is -1.11. The van der Waals surface area contributed by atoms with E-state index in [0.29, 0.717) is 115 Å². The van der Waals surface area contributed by atoms with Crippen LogP contribution in [0.2, 0.25) is 0 Å². The lowest BCUT2D eigenvalue weighted by atomic mass is 9.65. The average molecular weight is 1530 g/mol. The van der Waals surface area contributed by atoms with Gasteiger partial charge in [-0.15, -0.1) is 0 Å². The van der Waals surface area contributed by atoms with E-state index in [1.54, 1.807) is 28.4 Å². The van der Waals surface area contributed by atoms with E-state index in [4.69, 9.17) is 94.7 Å². The summed E-state index contributed by atoms with van der Waals surface area (Å²) in [6.45, 7) is 13.2. The summed E-state index contributed by atoms with van der Waals surface area (Å²) in [7, 11) is 6.57. The Hall–Kier alpha value is -7.06. The Kier molecular flexibility index (Phi) is 38.0. The van der Waals surface area contributed by atoms with Gasteiger partial charge in [0.1, 0.15) is 26.4 Å². The third-order valence-corrected chi connectivity index (χ3v) is 18.9. The fourth-order valence-corrected chi connectivity index (χ4v) is 13.8. The summed E-state index contributed by atoms with van der Waals surface area (Å²) in [5.74, 6) is 2.05. The molecule has 2 aliphatic rings. The summed E-state index contributed by atoms with van der Waals surface area (Å²) in [5, 5.41) is 38.1. The van der Waals surface area contributed by atoms with Crippen LogP contribution in [-0.2, 0) is 113 Å². The van der Waals surface area contributed by atoms with Crippen molar-refractivity contribution in [2.75, 3.05) is 240 Å². The van der Waals surface area contributed by atoms with E-state index in [2.05, 4.69) is 123 Å². The Morgan fingerprint density at radius 2 is 0.491 bits per heavy atom. The largest absolute Gasteiger partial charge is 0.487 e. The van der Waals surface area contributed by atoms with E-state index in [-0.39, 0.29) is 145 Å². The maximum absolute atomic E-state index is 9.59. The minimum absolute atomic E-state index is 0.0941. The molecule has 0 amide bonds. The number of aliphatic hydroxyl groups is 4. The summed E-state index contributed by atoms with van der Waals surface area (Å²) in [6.07, 6.45) is 0. The molecule has 0 saturated carbocycles. The molecule has 0 fully saturated rings. The number of methoxy groups -OCH3 is 4. The molecule has 110 heavy (non-hydrogen) atoms. The Morgan fingerprint density at radius 1 is 0.227 bits per heavy atom. The van der Waals surface area contributed by atoms with Gasteiger partial charge >= 0.3 is 0 Å². The molecule has 2 unspecified atom stereocenters. The van der Waals surface area contributed by atoms with Crippen molar-refractivity contribution in [3.8, 4) is 45.3 Å². The molecule has 9 rings (SSSR count). The number of aryl methyl sites for hydroxylation is 2. The molecule has 0 heterocycles. The Balaban J connectivity index is 1.34. The molecular weight excluding hydrogens is 1420 g/mol. The number of benzene rings is 7. The molecule has 0 radical (unpaired) electrons. The molecule has 24 heteroatoms. The van der Waals surface area contributed by atoms with Gasteiger partial charge in [0.15, 0.2) is 23.0 Å². The molecule has 24 nitrogen and oxygen atoms in total. The van der Waals surface area contributed by atoms with Crippen LogP contribution in [0, 0.1) is 13.8 Å². The smallest absolute Gasteiger partial charge is 0.161 e. The van der Waals surface area contributed by atoms with Gasteiger partial charge in [0.25, 0.3) is 0 Å². The first kappa shape index (κ1) is 86.9. The van der Waals surface area contributed by atoms with Gasteiger partial charge in [-0.1, -0.05) is 96.1 Å². The SMILES string of the molecule is COCCOCCOc1ccc(C2(c3ccc(COCCOCCO)c(COCCOCCO)c3)c3cc(C)ccc3-c3cc4c(cc32)-c2ccc(C)cc2C4(c2ccc(COCCOCCO)c(COCCOCCO)c2)c2ccc(OCCOCCOC)c(OCCOCCOC)c2)cc1OCCOCCOC. The van der Waals surface area contributed by atoms with Crippen LogP contribution in [-0.4, -0.2) is 260 Å². The standard InChI is InChI=1S/C86H114O24/c1-63-7-15-73-75-57-80-76(58-79(75)85(77(73)51-63,69-11-9-65(59-103-39-35-95-23-19-87)67(53-69)61-105-41-37-97-25-21-89)71-13-17-81(107-47-43-99-31-27-91-3)83(55-71)109-49-45-101-33-29-93-5)74-16-8-64(2)52-78(74)86(80,70-12-10-66(60-104-40-36-96-24-20-88)68(54-70)62-106-42-38-98-26-22-90)72-14-18-82(108-48-44-100-32-28-92-4)84(56-72)110-50-46-102-34-30-94-6/h7-18,51-58,87-90H,19-50,59-62H2,1-6H3. The van der Waals surface area contributed by atoms with Gasteiger partial charge in [0, 0.05) is 28.4 Å². The van der Waals surface area contributed by atoms with Crippen LogP contribution in [0.3, 0.4) is 0 Å². The quantitative estimate of drug-likeness (QED) is 0.0259. The van der Waals surface area contributed by atoms with E-state index in [1.807, 2.05) is 12.1 Å². The van der Waals surface area contributed by atoms with Crippen molar-refractivity contribution in [3.05, 3.63) is 199 Å². The molecule has 0 saturated heterocycles. The van der Waals surface area contributed by atoms with Crippen LogP contribution in [0.25, 0.3) is 22.3 Å². The van der Waals surface area contributed by atoms with Gasteiger partial charge < -0.3 is 115 Å². The van der Waals surface area contributed by atoms with Crippen molar-refractivity contribution in [2.24, 2.45) is 0 Å². The zero-order valence-corrected chi connectivity index (χ0v) is 65.0. The van der Waals surface area contributed by atoms with Gasteiger partial charge in [-0.2, -0.15) is 0 Å². The lowest BCUT2D eigenvalue weighted by Gasteiger charge is -2.36. The summed E-state index contributed by atoms with van der Waals surface area (Å²) < 4.78 is 120. The molecule has 7 aromatic carbocycles. The fraction of sp³-hybridized carbons (Fsp3) is 0.512. The second-order valence-corrected chi connectivity index (χ2v) is 26.2. The summed E-state index contributed by atoms with van der Waals surface area (Å²) in [4.78, 5) is 0. The Morgan fingerprint density at radius 3 is 0.818 bits per heavy atom. The minimum Gasteiger partial charge on any atom is -0.487 e. The highest BCUT2D eigenvalue weighted by atomic mass is 16.6. The molecular formula is C86H114O24. The normalized spacial score (nSPS) is 14.8. The predicted octanol–water partition coefficient (Wildman–Crippen LogP) is 9.30. The van der Waals surface area contributed by atoms with Crippen LogP contribution in [0.4, 0.5) is 0 Å². The van der Waals surface area contributed by atoms with Crippen molar-refractivity contribution in [3.63, 3.8) is 0 Å². The van der Waals surface area contributed by atoms with Crippen LogP contribution < -0.4 is 18.9 Å². The first-order valence-corrected chi connectivity index (χ1v) is 37.9. The maximum atomic E-state index is 9.59. The first-order chi connectivity index (χ1) is 54.2. The molecule has 4 N–H and O–H groups in total. The molecule has 602 valence electrons. The van der Waals surface area contributed by atoms with Crippen LogP contribution in [0.1, 0.15) is 77.9 Å². The van der Waals surface area contributed by atoms with Crippen molar-refractivity contribution >= 4 is 0 Å². The van der Waals surface area contributed by atoms with E-state index in [0.717, 1.165) is 100 Å². The maximum Gasteiger partial charge on any atom is 0.161 e. The third kappa shape index (κ3) is 23.5. The van der Waals surface area contributed by atoms with E-state index < -0.39 is 10.8 Å². The summed E-state index contributed by atoms with van der Waals surface area (Å²) in [5.41, 5.74) is 15.1. The second-order valence-electron chi connectivity index (χ2n) is 26.2. The summed E-state index contributed by atoms with van der Waals surface area (Å²) >= 11 is 0. The van der Waals surface area contributed by atoms with E-state index >= 15 is 0 Å². The zero-order valence-electron chi connectivity index (χ0n) is 65.0. The molecule has 0 spiro atoms. The van der Waals surface area contributed by atoms with Crippen molar-refractivity contribution in [2.45, 2.75) is 51.1 Å². The fourth-order valence-electron chi connectivity index (χ4n) is 13.8. The third-order valence-electron chi connectivity index (χ3n) is 18.9. The van der Waals surface area contributed by atoms with Gasteiger partial charge in [-0.25, -0.2) is 0 Å². The molecule has 0 aromatic heterocycles. The number of fused-ring (bicyclic) bond motifs is 6. The van der Waals surface area contributed by atoms with Gasteiger partial charge in [-0.3, -0.25) is 0 Å². The number of aliphatic hydroxyl groups excluding tert-OH is 4. The van der Waals surface area contributed by atoms with E-state index in [1.165, 1.54) is 0 Å². The number of rotatable bonds is 60. The molecule has 7 aromatic rings. The van der Waals surface area contributed by atoms with Crippen molar-refractivity contribution in [1.82, 2.24) is 0 Å². The number of hydrogen-bond acceptors (Lipinski definition) is 24. The number of ether oxygens (including phenoxy) is 20. The highest BCUT2D eigenvalue weighted by Gasteiger charge is 2.52. The highest BCUT2D eigenvalue weighted by molar-refractivity contribution is 5.95. The predicted molar refractivity (Wildman–Crippen MR) is 414 cm³/mol. The lowest BCUT2D eigenvalue weighted by molar-refractivity contribution is 0.0222. The second kappa shape index (κ2) is 48.1. The van der Waals surface area contributed by atoms with E-state index in [9.17, 15) is 20.4 Å². The van der Waals surface area contributed by atoms with Crippen molar-refractivity contribution in [1.29, 1.82) is 0 Å². The van der Waals surface area contributed by atoms with Gasteiger partial charge in [-0.05, 0) is 139 Å². The molecule has 0 bridgehead atoms. The molecule has 2 aliphatic carbocycles. The molecule has 2 atom stereocenters. The monoisotopic (exact) mass is 1530 g/mol.